The molecule has 2 unspecified atom stereocenters. The van der Waals surface area contributed by atoms with E-state index < -0.39 is 5.92 Å². The Balaban J connectivity index is 2.41. The molecule has 29 heavy (non-hydrogen) atoms. The number of aliphatic hydroxyl groups excluding tert-OH is 2. The van der Waals surface area contributed by atoms with Crippen molar-refractivity contribution in [3.63, 3.8) is 0 Å². The molecule has 1 aromatic carbocycles. The Morgan fingerprint density at radius 1 is 1.21 bits per heavy atom. The molecule has 2 atom stereocenters. The minimum atomic E-state index is -0.543. The fourth-order valence-electron chi connectivity index (χ4n) is 2.56. The van der Waals surface area contributed by atoms with Crippen LogP contribution in [0.5, 0.6) is 0 Å². The molecule has 0 radical (unpaired) electrons. The maximum absolute atomic E-state index is 12.6. The summed E-state index contributed by atoms with van der Waals surface area (Å²) in [6.45, 7) is 4.27. The second kappa shape index (κ2) is 16.0. The van der Waals surface area contributed by atoms with Gasteiger partial charge in [0.1, 0.15) is 0 Å². The average molecular weight is 425 g/mol. The van der Waals surface area contributed by atoms with Crippen LogP contribution in [-0.4, -0.2) is 66.8 Å². The van der Waals surface area contributed by atoms with Crippen LogP contribution < -0.4 is 10.6 Å². The largest absolute Gasteiger partial charge is 0.394 e. The molecule has 1 aromatic rings. The number of hydrogen-bond acceptors (Lipinski definition) is 6. The van der Waals surface area contributed by atoms with Crippen LogP contribution in [0.15, 0.2) is 43.0 Å². The van der Waals surface area contributed by atoms with Gasteiger partial charge in [-0.2, -0.15) is 11.8 Å². The Hall–Kier alpha value is -1.87. The van der Waals surface area contributed by atoms with Gasteiger partial charge in [0.25, 0.3) is 0 Å². The first-order valence-electron chi connectivity index (χ1n) is 9.69. The van der Waals surface area contributed by atoms with Crippen LogP contribution in [0.3, 0.4) is 0 Å². The molecule has 1 rings (SSSR count). The van der Waals surface area contributed by atoms with E-state index in [0.717, 1.165) is 5.75 Å². The zero-order valence-corrected chi connectivity index (χ0v) is 17.5. The number of carbonyl (C=O) groups is 2. The van der Waals surface area contributed by atoms with Crippen LogP contribution in [0.25, 0.3) is 0 Å². The molecule has 8 heteroatoms. The van der Waals surface area contributed by atoms with Crippen LogP contribution in [0.1, 0.15) is 18.4 Å². The van der Waals surface area contributed by atoms with Crippen LogP contribution >= 0.6 is 11.8 Å². The third-order valence-corrected chi connectivity index (χ3v) is 5.23. The van der Waals surface area contributed by atoms with E-state index in [9.17, 15) is 14.7 Å². The smallest absolute Gasteiger partial charge is 0.224 e. The van der Waals surface area contributed by atoms with Crippen molar-refractivity contribution in [2.45, 2.75) is 24.6 Å². The van der Waals surface area contributed by atoms with Gasteiger partial charge in [0.05, 0.1) is 38.4 Å². The molecular formula is C21H32N2O5S. The zero-order valence-electron chi connectivity index (χ0n) is 16.7. The molecule has 0 saturated heterocycles. The standard InChI is InChI=1S/C21H32N2O5S/c1-2-6-18(13-20(26)22-9-11-28-12-10-24)21(27)23-19(14-25)16-29-15-17-7-4-3-5-8-17/h2-5,7-8,18-19,24-25H,1,6,9-16H2,(H,22,26)(H,23,27). The van der Waals surface area contributed by atoms with Crippen molar-refractivity contribution >= 4 is 23.6 Å². The third-order valence-electron chi connectivity index (χ3n) is 4.06. The lowest BCUT2D eigenvalue weighted by Crippen LogP contribution is -2.43. The van der Waals surface area contributed by atoms with E-state index in [2.05, 4.69) is 17.2 Å². The van der Waals surface area contributed by atoms with Crippen molar-refractivity contribution < 1.29 is 24.5 Å². The van der Waals surface area contributed by atoms with Crippen molar-refractivity contribution in [2.24, 2.45) is 5.92 Å². The topological polar surface area (TPSA) is 108 Å². The summed E-state index contributed by atoms with van der Waals surface area (Å²) in [7, 11) is 0. The van der Waals surface area contributed by atoms with Gasteiger partial charge in [-0.3, -0.25) is 9.59 Å². The summed E-state index contributed by atoms with van der Waals surface area (Å²) in [6.07, 6.45) is 2.02. The van der Waals surface area contributed by atoms with Crippen LogP contribution in [0.2, 0.25) is 0 Å². The lowest BCUT2D eigenvalue weighted by molar-refractivity contribution is -0.130. The van der Waals surface area contributed by atoms with Crippen LogP contribution in [-0.2, 0) is 20.1 Å². The number of rotatable bonds is 16. The van der Waals surface area contributed by atoms with Crippen molar-refractivity contribution in [1.29, 1.82) is 0 Å². The number of hydrogen-bond donors (Lipinski definition) is 4. The summed E-state index contributed by atoms with van der Waals surface area (Å²) in [5.74, 6) is 0.310. The third kappa shape index (κ3) is 11.7. The first-order chi connectivity index (χ1) is 14.1. The van der Waals surface area contributed by atoms with Gasteiger partial charge in [0.15, 0.2) is 0 Å². The van der Waals surface area contributed by atoms with Crippen molar-refractivity contribution in [2.75, 3.05) is 38.7 Å². The molecule has 0 aliphatic carbocycles. The maximum atomic E-state index is 12.6. The molecule has 0 aliphatic rings. The summed E-state index contributed by atoms with van der Waals surface area (Å²) in [4.78, 5) is 24.6. The van der Waals surface area contributed by atoms with E-state index in [-0.39, 0.29) is 44.1 Å². The van der Waals surface area contributed by atoms with Crippen LogP contribution in [0.4, 0.5) is 0 Å². The summed E-state index contributed by atoms with van der Waals surface area (Å²) < 4.78 is 5.08. The molecule has 0 aliphatic heterocycles. The fourth-order valence-corrected chi connectivity index (χ4v) is 3.58. The average Bonchev–Trinajstić information content (AvgIpc) is 2.73. The maximum Gasteiger partial charge on any atom is 0.224 e. The normalized spacial score (nSPS) is 12.8. The summed E-state index contributed by atoms with van der Waals surface area (Å²) >= 11 is 1.63. The van der Waals surface area contributed by atoms with Gasteiger partial charge in [-0.1, -0.05) is 36.4 Å². The summed E-state index contributed by atoms with van der Waals surface area (Å²) in [5, 5.41) is 23.8. The number of allylic oxidation sites excluding steroid dienone is 1. The number of ether oxygens (including phenoxy) is 1. The summed E-state index contributed by atoms with van der Waals surface area (Å²) in [6, 6.07) is 9.61. The molecule has 0 heterocycles. The Kier molecular flexibility index (Phi) is 13.9. The quantitative estimate of drug-likeness (QED) is 0.234. The molecule has 0 spiro atoms. The summed E-state index contributed by atoms with van der Waals surface area (Å²) in [5.41, 5.74) is 1.18. The number of benzene rings is 1. The Morgan fingerprint density at radius 2 is 1.97 bits per heavy atom. The van der Waals surface area contributed by atoms with E-state index in [4.69, 9.17) is 9.84 Å². The zero-order chi connectivity index (χ0) is 21.3. The second-order valence-electron chi connectivity index (χ2n) is 6.50. The Morgan fingerprint density at radius 3 is 2.62 bits per heavy atom. The Bertz CT molecular complexity index is 600. The highest BCUT2D eigenvalue weighted by Gasteiger charge is 2.23. The number of carbonyl (C=O) groups excluding carboxylic acids is 2. The number of nitrogens with one attached hydrogen (secondary N) is 2. The minimum absolute atomic E-state index is 0.0349. The van der Waals surface area contributed by atoms with Gasteiger partial charge in [-0.05, 0) is 12.0 Å². The van der Waals surface area contributed by atoms with E-state index in [1.165, 1.54) is 5.56 Å². The minimum Gasteiger partial charge on any atom is -0.394 e. The fraction of sp³-hybridized carbons (Fsp3) is 0.524. The van der Waals surface area contributed by atoms with Crippen molar-refractivity contribution in [3.05, 3.63) is 48.6 Å². The monoisotopic (exact) mass is 424 g/mol. The van der Waals surface area contributed by atoms with Gasteiger partial charge >= 0.3 is 0 Å². The van der Waals surface area contributed by atoms with Gasteiger partial charge in [-0.15, -0.1) is 6.58 Å². The highest BCUT2D eigenvalue weighted by molar-refractivity contribution is 7.98. The predicted molar refractivity (Wildman–Crippen MR) is 115 cm³/mol. The molecule has 0 saturated carbocycles. The van der Waals surface area contributed by atoms with Crippen molar-refractivity contribution in [3.8, 4) is 0 Å². The van der Waals surface area contributed by atoms with Gasteiger partial charge in [0.2, 0.25) is 11.8 Å². The molecule has 0 fully saturated rings. The van der Waals surface area contributed by atoms with E-state index in [1.807, 2.05) is 30.3 Å². The van der Waals surface area contributed by atoms with Crippen molar-refractivity contribution in [1.82, 2.24) is 10.6 Å². The molecule has 0 bridgehead atoms. The highest BCUT2D eigenvalue weighted by atomic mass is 32.2. The molecular weight excluding hydrogens is 392 g/mol. The molecule has 162 valence electrons. The SMILES string of the molecule is C=CCC(CC(=O)NCCOCCO)C(=O)NC(CO)CSCc1ccccc1. The number of aliphatic hydroxyl groups is 2. The van der Waals surface area contributed by atoms with E-state index in [1.54, 1.807) is 17.8 Å². The van der Waals surface area contributed by atoms with E-state index >= 15 is 0 Å². The predicted octanol–water partition coefficient (Wildman–Crippen LogP) is 1.10. The first-order valence-corrected chi connectivity index (χ1v) is 10.8. The Labute approximate surface area is 176 Å². The van der Waals surface area contributed by atoms with Gasteiger partial charge in [-0.25, -0.2) is 0 Å². The van der Waals surface area contributed by atoms with Gasteiger partial charge < -0.3 is 25.6 Å². The molecule has 2 amide bonds. The molecule has 0 aromatic heterocycles. The first kappa shape index (κ1) is 25.2. The second-order valence-corrected chi connectivity index (χ2v) is 7.53. The number of thioether (sulfide) groups is 1. The molecule has 4 N–H and O–H groups in total. The lowest BCUT2D eigenvalue weighted by Gasteiger charge is -2.20. The molecule has 7 nitrogen and oxygen atoms in total. The lowest BCUT2D eigenvalue weighted by atomic mass is 9.99. The van der Waals surface area contributed by atoms with E-state index in [0.29, 0.717) is 25.3 Å². The van der Waals surface area contributed by atoms with Gasteiger partial charge in [0, 0.05) is 24.5 Å². The number of amides is 2. The highest BCUT2D eigenvalue weighted by Crippen LogP contribution is 2.14. The van der Waals surface area contributed by atoms with Crippen LogP contribution in [0, 0.1) is 5.92 Å².